The van der Waals surface area contributed by atoms with Gasteiger partial charge < -0.3 is 5.32 Å². The first kappa shape index (κ1) is 12.0. The van der Waals surface area contributed by atoms with Crippen LogP contribution in [-0.4, -0.2) is 16.6 Å². The Bertz CT molecular complexity index is 350. The summed E-state index contributed by atoms with van der Waals surface area (Å²) in [6.45, 7) is 11.0. The minimum absolute atomic E-state index is 0.255. The van der Waals surface area contributed by atoms with Crippen LogP contribution in [0, 0.1) is 0 Å². The van der Waals surface area contributed by atoms with Gasteiger partial charge in [-0.15, -0.1) is 0 Å². The quantitative estimate of drug-likeness (QED) is 0.766. The van der Waals surface area contributed by atoms with Gasteiger partial charge in [-0.05, 0) is 10.6 Å². The highest BCUT2D eigenvalue weighted by Gasteiger charge is 2.15. The smallest absolute Gasteiger partial charge is 0.0610 e. The van der Waals surface area contributed by atoms with Crippen molar-refractivity contribution < 1.29 is 0 Å². The van der Waals surface area contributed by atoms with Crippen LogP contribution in [0.4, 0.5) is 0 Å². The van der Waals surface area contributed by atoms with E-state index in [-0.39, 0.29) is 9.52 Å². The van der Waals surface area contributed by atoms with Crippen molar-refractivity contribution in [1.29, 1.82) is 0 Å². The zero-order valence-electron chi connectivity index (χ0n) is 10.2. The molecule has 1 nitrogen and oxygen atoms in total. The molecule has 1 rings (SSSR count). The number of nitrogens with one attached hydrogen (secondary N) is 1. The Morgan fingerprint density at radius 3 is 2.40 bits per heavy atom. The average Bonchev–Trinajstić information content (AvgIpc) is 2.15. The second-order valence-corrected chi connectivity index (χ2v) is 8.36. The van der Waals surface area contributed by atoms with Gasteiger partial charge >= 0.3 is 0 Å². The lowest BCUT2D eigenvalue weighted by molar-refractivity contribution is 0.759. The monoisotopic (exact) mass is 219 g/mol. The maximum Gasteiger partial charge on any atom is 0.0610 e. The maximum atomic E-state index is 4.05. The van der Waals surface area contributed by atoms with Gasteiger partial charge in [0.25, 0.3) is 0 Å². The molecule has 1 aromatic carbocycles. The number of hydrogen-bond donors (Lipinski definition) is 1. The number of benzene rings is 1. The molecule has 0 heterocycles. The van der Waals surface area contributed by atoms with Crippen molar-refractivity contribution in [3.8, 4) is 0 Å². The molecule has 0 atom stereocenters. The molecular formula is C13H21NSi. The highest BCUT2D eigenvalue weighted by atomic mass is 28.2. The molecule has 0 aromatic heterocycles. The van der Waals surface area contributed by atoms with E-state index in [4.69, 9.17) is 0 Å². The third-order valence-electron chi connectivity index (χ3n) is 2.37. The molecule has 0 aliphatic rings. The van der Waals surface area contributed by atoms with Crippen molar-refractivity contribution in [3.05, 3.63) is 36.4 Å². The Balaban J connectivity index is 3.02. The molecule has 2 heteroatoms. The molecule has 0 unspecified atom stereocenters. The first-order valence-corrected chi connectivity index (χ1v) is 6.80. The van der Waals surface area contributed by atoms with Crippen LogP contribution < -0.4 is 10.5 Å². The zero-order chi connectivity index (χ0) is 11.5. The van der Waals surface area contributed by atoms with Gasteiger partial charge in [-0.3, -0.25) is 0 Å². The Kier molecular flexibility index (Phi) is 3.75. The Hall–Kier alpha value is -1.02. The fourth-order valence-corrected chi connectivity index (χ4v) is 3.59. The van der Waals surface area contributed by atoms with E-state index in [0.717, 1.165) is 5.70 Å². The molecule has 0 aliphatic heterocycles. The molecule has 0 radical (unpaired) electrons. The van der Waals surface area contributed by atoms with Gasteiger partial charge in [0.05, 0.1) is 9.52 Å². The summed E-state index contributed by atoms with van der Waals surface area (Å²) >= 11 is 0. The summed E-state index contributed by atoms with van der Waals surface area (Å²) in [7, 11) is 1.67. The van der Waals surface area contributed by atoms with Crippen molar-refractivity contribution in [1.82, 2.24) is 5.32 Å². The standard InChI is InChI=1S/C13H21NSi/c1-10(14-5)11-8-6-7-9-12(11)15-13(2,3)4/h6-9,14H,1,15H2,2-5H3. The molecular weight excluding hydrogens is 198 g/mol. The molecule has 0 fully saturated rings. The first-order chi connectivity index (χ1) is 6.94. The van der Waals surface area contributed by atoms with Crippen molar-refractivity contribution in [2.24, 2.45) is 0 Å². The highest BCUT2D eigenvalue weighted by molar-refractivity contribution is 6.57. The summed E-state index contributed by atoms with van der Waals surface area (Å²) in [6.07, 6.45) is 0. The molecule has 0 saturated carbocycles. The molecule has 0 bridgehead atoms. The van der Waals surface area contributed by atoms with Crippen LogP contribution in [0.1, 0.15) is 26.3 Å². The van der Waals surface area contributed by atoms with Gasteiger partial charge in [-0.25, -0.2) is 0 Å². The van der Waals surface area contributed by atoms with E-state index in [9.17, 15) is 0 Å². The Morgan fingerprint density at radius 2 is 1.87 bits per heavy atom. The summed E-state index contributed by atoms with van der Waals surface area (Å²) in [5.41, 5.74) is 2.32. The minimum Gasteiger partial charge on any atom is -0.388 e. The lowest BCUT2D eigenvalue weighted by Crippen LogP contribution is -2.27. The van der Waals surface area contributed by atoms with Crippen molar-refractivity contribution in [3.63, 3.8) is 0 Å². The van der Waals surface area contributed by atoms with Crippen LogP contribution in [-0.2, 0) is 0 Å². The van der Waals surface area contributed by atoms with E-state index in [0.29, 0.717) is 5.04 Å². The van der Waals surface area contributed by atoms with Crippen LogP contribution in [0.15, 0.2) is 30.8 Å². The van der Waals surface area contributed by atoms with Crippen LogP contribution in [0.2, 0.25) is 5.04 Å². The number of rotatable bonds is 3. The fraction of sp³-hybridized carbons (Fsp3) is 0.385. The van der Waals surface area contributed by atoms with Gasteiger partial charge in [-0.1, -0.05) is 56.8 Å². The van der Waals surface area contributed by atoms with Crippen LogP contribution in [0.5, 0.6) is 0 Å². The van der Waals surface area contributed by atoms with E-state index in [2.05, 4.69) is 56.9 Å². The molecule has 82 valence electrons. The second-order valence-electron chi connectivity index (χ2n) is 5.12. The van der Waals surface area contributed by atoms with Gasteiger partial charge in [-0.2, -0.15) is 0 Å². The predicted molar refractivity (Wildman–Crippen MR) is 72.4 cm³/mol. The van der Waals surface area contributed by atoms with Crippen LogP contribution >= 0.6 is 0 Å². The topological polar surface area (TPSA) is 12.0 Å². The highest BCUT2D eigenvalue weighted by Crippen LogP contribution is 2.20. The lowest BCUT2D eigenvalue weighted by atomic mass is 10.2. The molecule has 0 amide bonds. The molecule has 0 aliphatic carbocycles. The predicted octanol–water partition coefficient (Wildman–Crippen LogP) is 1.89. The maximum absolute atomic E-state index is 4.05. The lowest BCUT2D eigenvalue weighted by Gasteiger charge is -2.20. The third-order valence-corrected chi connectivity index (χ3v) is 4.42. The van der Waals surface area contributed by atoms with Gasteiger partial charge in [0.15, 0.2) is 0 Å². The third kappa shape index (κ3) is 3.55. The molecule has 0 saturated heterocycles. The van der Waals surface area contributed by atoms with E-state index in [1.165, 1.54) is 10.8 Å². The van der Waals surface area contributed by atoms with Gasteiger partial charge in [0.1, 0.15) is 0 Å². The largest absolute Gasteiger partial charge is 0.388 e. The van der Waals surface area contributed by atoms with E-state index in [1.807, 2.05) is 7.05 Å². The summed E-state index contributed by atoms with van der Waals surface area (Å²) in [5.74, 6) is 0. The van der Waals surface area contributed by atoms with E-state index in [1.54, 1.807) is 0 Å². The minimum atomic E-state index is -0.255. The number of hydrogen-bond acceptors (Lipinski definition) is 1. The Morgan fingerprint density at radius 1 is 1.27 bits per heavy atom. The zero-order valence-corrected chi connectivity index (χ0v) is 11.6. The fourth-order valence-electron chi connectivity index (χ4n) is 1.67. The van der Waals surface area contributed by atoms with E-state index < -0.39 is 0 Å². The van der Waals surface area contributed by atoms with Gasteiger partial charge in [0, 0.05) is 12.7 Å². The summed E-state index contributed by atoms with van der Waals surface area (Å²) in [6, 6.07) is 8.61. The normalized spacial score (nSPS) is 12.0. The van der Waals surface area contributed by atoms with E-state index >= 15 is 0 Å². The molecule has 0 spiro atoms. The second kappa shape index (κ2) is 4.66. The summed E-state index contributed by atoms with van der Waals surface area (Å²) < 4.78 is 0. The molecule has 1 aromatic rings. The van der Waals surface area contributed by atoms with Gasteiger partial charge in [0.2, 0.25) is 0 Å². The van der Waals surface area contributed by atoms with Crippen molar-refractivity contribution >= 4 is 20.4 Å². The summed E-state index contributed by atoms with van der Waals surface area (Å²) in [5, 5.41) is 5.09. The average molecular weight is 219 g/mol. The van der Waals surface area contributed by atoms with Crippen LogP contribution in [0.3, 0.4) is 0 Å². The van der Waals surface area contributed by atoms with Crippen molar-refractivity contribution in [2.75, 3.05) is 7.05 Å². The first-order valence-electron chi connectivity index (χ1n) is 5.39. The SMILES string of the molecule is C=C(NC)c1ccccc1[SiH2]C(C)(C)C. The van der Waals surface area contributed by atoms with Crippen LogP contribution in [0.25, 0.3) is 5.70 Å². The summed E-state index contributed by atoms with van der Waals surface area (Å²) in [4.78, 5) is 0. The molecule has 1 N–H and O–H groups in total. The van der Waals surface area contributed by atoms with Crippen molar-refractivity contribution in [2.45, 2.75) is 25.8 Å². The molecule has 15 heavy (non-hydrogen) atoms. The Labute approximate surface area is 95.4 Å².